The minimum Gasteiger partial charge on any atom is -0.481 e. The van der Waals surface area contributed by atoms with Gasteiger partial charge in [0.05, 0.1) is 12.5 Å². The summed E-state index contributed by atoms with van der Waals surface area (Å²) in [6, 6.07) is 6.16. The van der Waals surface area contributed by atoms with Gasteiger partial charge >= 0.3 is 5.97 Å². The number of hydrogen-bond donors (Lipinski definition) is 2. The van der Waals surface area contributed by atoms with E-state index in [0.29, 0.717) is 17.1 Å². The molecular formula is C13H15ClN2O3. The monoisotopic (exact) mass is 282 g/mol. The van der Waals surface area contributed by atoms with Gasteiger partial charge in [0.1, 0.15) is 0 Å². The zero-order chi connectivity index (χ0) is 14.0. The normalized spacial score (nSPS) is 20.6. The van der Waals surface area contributed by atoms with E-state index in [0.717, 1.165) is 0 Å². The van der Waals surface area contributed by atoms with E-state index >= 15 is 0 Å². The molecule has 5 nitrogen and oxygen atoms in total. The number of likely N-dealkylation sites (tertiary alicyclic amines) is 1. The van der Waals surface area contributed by atoms with Gasteiger partial charge in [0.15, 0.2) is 0 Å². The molecule has 3 N–H and O–H groups in total. The minimum atomic E-state index is -0.974. The predicted molar refractivity (Wildman–Crippen MR) is 70.8 cm³/mol. The van der Waals surface area contributed by atoms with Crippen molar-refractivity contribution in [3.05, 3.63) is 34.9 Å². The van der Waals surface area contributed by atoms with Crippen molar-refractivity contribution in [2.45, 2.75) is 24.9 Å². The summed E-state index contributed by atoms with van der Waals surface area (Å²) in [5.74, 6) is -1.10. The van der Waals surface area contributed by atoms with Crippen LogP contribution in [0.4, 0.5) is 0 Å². The fraction of sp³-hybridized carbons (Fsp3) is 0.385. The average Bonchev–Trinajstić information content (AvgIpc) is 2.66. The summed E-state index contributed by atoms with van der Waals surface area (Å²) in [5, 5.41) is 9.50. The van der Waals surface area contributed by atoms with Crippen molar-refractivity contribution in [2.24, 2.45) is 5.73 Å². The molecule has 1 amide bonds. The highest BCUT2D eigenvalue weighted by Gasteiger charge is 2.35. The van der Waals surface area contributed by atoms with Gasteiger partial charge in [-0.05, 0) is 11.6 Å². The number of rotatable bonds is 4. The van der Waals surface area contributed by atoms with E-state index < -0.39 is 12.0 Å². The molecule has 2 atom stereocenters. The molecule has 1 aliphatic heterocycles. The number of amides is 1. The Balaban J connectivity index is 2.34. The van der Waals surface area contributed by atoms with E-state index in [2.05, 4.69) is 0 Å². The highest BCUT2D eigenvalue weighted by Crippen LogP contribution is 2.32. The summed E-state index contributed by atoms with van der Waals surface area (Å²) in [7, 11) is 0. The number of carboxylic acid groups (broad SMARTS) is 1. The first-order valence-corrected chi connectivity index (χ1v) is 6.38. The third-order valence-corrected chi connectivity index (χ3v) is 3.54. The van der Waals surface area contributed by atoms with Crippen LogP contribution in [0, 0.1) is 0 Å². The van der Waals surface area contributed by atoms with Crippen LogP contribution in [0.2, 0.25) is 5.02 Å². The standard InChI is InChI=1S/C13H15ClN2O3/c14-10-4-2-1-3-9(10)11(6-13(18)19)16-7-8(15)5-12(16)17/h1-4,8,11H,5-7,15H2,(H,18,19). The summed E-state index contributed by atoms with van der Waals surface area (Å²) in [4.78, 5) is 24.4. The molecule has 2 rings (SSSR count). The molecular weight excluding hydrogens is 268 g/mol. The summed E-state index contributed by atoms with van der Waals surface area (Å²) in [6.45, 7) is 0.363. The van der Waals surface area contributed by atoms with E-state index in [1.165, 1.54) is 4.90 Å². The molecule has 2 unspecified atom stereocenters. The first-order chi connectivity index (χ1) is 8.99. The van der Waals surface area contributed by atoms with E-state index in [1.807, 2.05) is 0 Å². The Labute approximate surface area is 116 Å². The molecule has 19 heavy (non-hydrogen) atoms. The Bertz CT molecular complexity index is 506. The van der Waals surface area contributed by atoms with Crippen molar-refractivity contribution in [1.82, 2.24) is 4.90 Å². The third-order valence-electron chi connectivity index (χ3n) is 3.20. The van der Waals surface area contributed by atoms with Gasteiger partial charge in [0, 0.05) is 24.0 Å². The molecule has 6 heteroatoms. The predicted octanol–water partition coefficient (Wildman–Crippen LogP) is 1.42. The van der Waals surface area contributed by atoms with Gasteiger partial charge < -0.3 is 15.7 Å². The summed E-state index contributed by atoms with van der Waals surface area (Å²) in [6.07, 6.45) is 0.0722. The Morgan fingerprint density at radius 3 is 2.74 bits per heavy atom. The van der Waals surface area contributed by atoms with Crippen LogP contribution in [0.25, 0.3) is 0 Å². The van der Waals surface area contributed by atoms with Crippen molar-refractivity contribution in [3.8, 4) is 0 Å². The van der Waals surface area contributed by atoms with Gasteiger partial charge in [-0.3, -0.25) is 9.59 Å². The van der Waals surface area contributed by atoms with E-state index in [1.54, 1.807) is 24.3 Å². The number of nitrogens with two attached hydrogens (primary N) is 1. The molecule has 0 saturated carbocycles. The lowest BCUT2D eigenvalue weighted by molar-refractivity contribution is -0.139. The Kier molecular flexibility index (Phi) is 4.07. The molecule has 1 saturated heterocycles. The molecule has 0 bridgehead atoms. The van der Waals surface area contributed by atoms with Crippen LogP contribution in [-0.2, 0) is 9.59 Å². The van der Waals surface area contributed by atoms with E-state index in [9.17, 15) is 9.59 Å². The van der Waals surface area contributed by atoms with Crippen LogP contribution in [-0.4, -0.2) is 34.5 Å². The van der Waals surface area contributed by atoms with E-state index in [-0.39, 0.29) is 24.8 Å². The lowest BCUT2D eigenvalue weighted by atomic mass is 10.0. The number of carboxylic acids is 1. The Hall–Kier alpha value is -1.59. The van der Waals surface area contributed by atoms with Gasteiger partial charge in [0.2, 0.25) is 5.91 Å². The molecule has 1 aromatic carbocycles. The summed E-state index contributed by atoms with van der Waals surface area (Å²) >= 11 is 6.10. The van der Waals surface area contributed by atoms with Crippen LogP contribution < -0.4 is 5.73 Å². The van der Waals surface area contributed by atoms with Crippen molar-refractivity contribution in [2.75, 3.05) is 6.54 Å². The average molecular weight is 283 g/mol. The number of aliphatic carboxylic acids is 1. The van der Waals surface area contributed by atoms with Crippen molar-refractivity contribution >= 4 is 23.5 Å². The van der Waals surface area contributed by atoms with Crippen LogP contribution in [0.15, 0.2) is 24.3 Å². The molecule has 1 heterocycles. The maximum Gasteiger partial charge on any atom is 0.305 e. The third kappa shape index (κ3) is 3.05. The van der Waals surface area contributed by atoms with Gasteiger partial charge in [-0.25, -0.2) is 0 Å². The van der Waals surface area contributed by atoms with Crippen LogP contribution in [0.5, 0.6) is 0 Å². The van der Waals surface area contributed by atoms with Crippen molar-refractivity contribution in [1.29, 1.82) is 0 Å². The largest absolute Gasteiger partial charge is 0.481 e. The number of hydrogen-bond acceptors (Lipinski definition) is 3. The molecule has 1 fully saturated rings. The molecule has 0 aliphatic carbocycles. The molecule has 1 aromatic rings. The van der Waals surface area contributed by atoms with Gasteiger partial charge in [-0.2, -0.15) is 0 Å². The first kappa shape index (κ1) is 13.8. The van der Waals surface area contributed by atoms with Crippen molar-refractivity contribution in [3.63, 3.8) is 0 Å². The lowest BCUT2D eigenvalue weighted by Gasteiger charge is -2.28. The van der Waals surface area contributed by atoms with Crippen molar-refractivity contribution < 1.29 is 14.7 Å². The fourth-order valence-corrected chi connectivity index (χ4v) is 2.62. The van der Waals surface area contributed by atoms with Crippen LogP contribution >= 0.6 is 11.6 Å². The Morgan fingerprint density at radius 1 is 1.53 bits per heavy atom. The second kappa shape index (κ2) is 5.59. The second-order valence-electron chi connectivity index (χ2n) is 4.65. The van der Waals surface area contributed by atoms with Gasteiger partial charge in [0.25, 0.3) is 0 Å². The number of benzene rings is 1. The number of carbonyl (C=O) groups is 2. The molecule has 1 aliphatic rings. The number of carbonyl (C=O) groups excluding carboxylic acids is 1. The van der Waals surface area contributed by atoms with E-state index in [4.69, 9.17) is 22.4 Å². The van der Waals surface area contributed by atoms with Gasteiger partial charge in [-0.15, -0.1) is 0 Å². The van der Waals surface area contributed by atoms with Crippen LogP contribution in [0.1, 0.15) is 24.4 Å². The smallest absolute Gasteiger partial charge is 0.305 e. The fourth-order valence-electron chi connectivity index (χ4n) is 2.36. The molecule has 0 radical (unpaired) electrons. The van der Waals surface area contributed by atoms with Gasteiger partial charge in [-0.1, -0.05) is 29.8 Å². The zero-order valence-electron chi connectivity index (χ0n) is 10.3. The Morgan fingerprint density at radius 2 is 2.21 bits per heavy atom. The topological polar surface area (TPSA) is 83.6 Å². The summed E-state index contributed by atoms with van der Waals surface area (Å²) in [5.41, 5.74) is 6.40. The molecule has 0 aromatic heterocycles. The zero-order valence-corrected chi connectivity index (χ0v) is 11.0. The molecule has 102 valence electrons. The number of nitrogens with zero attached hydrogens (tertiary/aromatic N) is 1. The highest BCUT2D eigenvalue weighted by molar-refractivity contribution is 6.31. The first-order valence-electron chi connectivity index (χ1n) is 6.00. The molecule has 0 spiro atoms. The quantitative estimate of drug-likeness (QED) is 0.875. The lowest BCUT2D eigenvalue weighted by Crippen LogP contribution is -2.33. The maximum absolute atomic E-state index is 11.9. The number of halogens is 1. The summed E-state index contributed by atoms with van der Waals surface area (Å²) < 4.78 is 0. The van der Waals surface area contributed by atoms with Crippen LogP contribution in [0.3, 0.4) is 0 Å². The minimum absolute atomic E-state index is 0.126. The highest BCUT2D eigenvalue weighted by atomic mass is 35.5. The SMILES string of the molecule is NC1CC(=O)N(C(CC(=O)O)c2ccccc2Cl)C1. The second-order valence-corrected chi connectivity index (χ2v) is 5.05. The maximum atomic E-state index is 11.9.